The van der Waals surface area contributed by atoms with Crippen LogP contribution in [-0.2, 0) is 20.8 Å². The van der Waals surface area contributed by atoms with Crippen molar-refractivity contribution in [1.29, 1.82) is 0 Å². The predicted molar refractivity (Wildman–Crippen MR) is 102 cm³/mol. The van der Waals surface area contributed by atoms with Crippen LogP contribution in [0.25, 0.3) is 0 Å². The lowest BCUT2D eigenvalue weighted by Gasteiger charge is -2.29. The van der Waals surface area contributed by atoms with Crippen molar-refractivity contribution in [2.45, 2.75) is 32.7 Å². The first-order valence-electron chi connectivity index (χ1n) is 9.53. The summed E-state index contributed by atoms with van der Waals surface area (Å²) in [5.74, 6) is 3.24. The Balaban J connectivity index is 1.76. The minimum absolute atomic E-state index is 0.134. The Morgan fingerprint density at radius 3 is 2.28 bits per heavy atom. The number of hydrogen-bond donors (Lipinski definition) is 0. The second-order valence-electron chi connectivity index (χ2n) is 7.00. The molecule has 3 nitrogen and oxygen atoms in total. The fourth-order valence-electron chi connectivity index (χ4n) is 3.19. The van der Waals surface area contributed by atoms with Crippen LogP contribution in [-0.4, -0.2) is 20.3 Å². The molecule has 1 aliphatic rings. The quantitative estimate of drug-likeness (QED) is 0.648. The number of methoxy groups -OCH3 is 1. The van der Waals surface area contributed by atoms with Crippen molar-refractivity contribution < 1.29 is 27.4 Å². The monoisotopic (exact) mass is 404 g/mol. The summed E-state index contributed by atoms with van der Waals surface area (Å²) in [5, 5.41) is 0. The van der Waals surface area contributed by atoms with Gasteiger partial charge in [-0.05, 0) is 30.7 Å². The summed E-state index contributed by atoms with van der Waals surface area (Å²) >= 11 is 0. The van der Waals surface area contributed by atoms with Crippen LogP contribution >= 0.6 is 0 Å². The standard InChI is InChI=1S/C23H23F3O3/c1-3-4-16-12-28-23(29-13-16)18-10-21(25)19(22(26)11-18)8-6-15-5-7-17(14-27-2)20(24)9-15/h5,7,9-11,16,23H,3-4,12-14H2,1-2H3/t16-,23-. The molecule has 2 aromatic carbocycles. The van der Waals surface area contributed by atoms with Gasteiger partial charge in [0.1, 0.15) is 17.5 Å². The normalized spacial score (nSPS) is 18.9. The molecule has 1 heterocycles. The van der Waals surface area contributed by atoms with E-state index in [0.717, 1.165) is 12.8 Å². The van der Waals surface area contributed by atoms with Gasteiger partial charge in [0, 0.05) is 29.7 Å². The SMILES string of the molecule is CCC[C@H]1CO[C@H](c2cc(F)c(C#Cc3ccc(COC)c(F)c3)c(F)c2)OC1. The summed E-state index contributed by atoms with van der Waals surface area (Å²) in [6.45, 7) is 3.20. The van der Waals surface area contributed by atoms with Crippen LogP contribution in [0.5, 0.6) is 0 Å². The molecule has 0 N–H and O–H groups in total. The second-order valence-corrected chi connectivity index (χ2v) is 7.00. The lowest BCUT2D eigenvalue weighted by molar-refractivity contribution is -0.206. The molecule has 0 atom stereocenters. The van der Waals surface area contributed by atoms with Crippen molar-refractivity contribution in [3.05, 3.63) is 70.0 Å². The van der Waals surface area contributed by atoms with Crippen molar-refractivity contribution in [3.8, 4) is 11.8 Å². The molecular formula is C23H23F3O3. The van der Waals surface area contributed by atoms with Crippen molar-refractivity contribution in [2.75, 3.05) is 20.3 Å². The Hall–Kier alpha value is -2.33. The van der Waals surface area contributed by atoms with E-state index in [1.54, 1.807) is 6.07 Å². The summed E-state index contributed by atoms with van der Waals surface area (Å²) in [6.07, 6.45) is 1.21. The molecule has 6 heteroatoms. The molecule has 154 valence electrons. The molecule has 0 spiro atoms. The van der Waals surface area contributed by atoms with E-state index in [1.807, 2.05) is 0 Å². The maximum absolute atomic E-state index is 14.5. The van der Waals surface area contributed by atoms with E-state index in [2.05, 4.69) is 18.8 Å². The Bertz CT molecular complexity index is 886. The van der Waals surface area contributed by atoms with Crippen molar-refractivity contribution in [1.82, 2.24) is 0 Å². The zero-order valence-electron chi connectivity index (χ0n) is 16.4. The summed E-state index contributed by atoms with van der Waals surface area (Å²) < 4.78 is 59.0. The van der Waals surface area contributed by atoms with Crippen molar-refractivity contribution in [2.24, 2.45) is 5.92 Å². The maximum atomic E-state index is 14.5. The Morgan fingerprint density at radius 1 is 1.00 bits per heavy atom. The maximum Gasteiger partial charge on any atom is 0.184 e. The third-order valence-corrected chi connectivity index (χ3v) is 4.68. The minimum atomic E-state index is -0.813. The van der Waals surface area contributed by atoms with Gasteiger partial charge in [0.25, 0.3) is 0 Å². The molecule has 1 fully saturated rings. The molecule has 29 heavy (non-hydrogen) atoms. The van der Waals surface area contributed by atoms with Gasteiger partial charge >= 0.3 is 0 Å². The number of hydrogen-bond acceptors (Lipinski definition) is 3. The highest BCUT2D eigenvalue weighted by Gasteiger charge is 2.25. The van der Waals surface area contributed by atoms with Gasteiger partial charge in [0.2, 0.25) is 0 Å². The van der Waals surface area contributed by atoms with Crippen LogP contribution < -0.4 is 0 Å². The van der Waals surface area contributed by atoms with E-state index in [4.69, 9.17) is 14.2 Å². The topological polar surface area (TPSA) is 27.7 Å². The van der Waals surface area contributed by atoms with Crippen LogP contribution in [0.3, 0.4) is 0 Å². The Kier molecular flexibility index (Phi) is 7.32. The molecule has 0 saturated carbocycles. The van der Waals surface area contributed by atoms with E-state index in [1.165, 1.54) is 31.4 Å². The molecule has 0 aliphatic carbocycles. The first-order chi connectivity index (χ1) is 14.0. The smallest absolute Gasteiger partial charge is 0.184 e. The molecule has 2 aromatic rings. The van der Waals surface area contributed by atoms with Crippen molar-refractivity contribution in [3.63, 3.8) is 0 Å². The highest BCUT2D eigenvalue weighted by Crippen LogP contribution is 2.29. The van der Waals surface area contributed by atoms with Crippen LogP contribution in [0.4, 0.5) is 13.2 Å². The van der Waals surface area contributed by atoms with Gasteiger partial charge in [0.05, 0.1) is 25.4 Å². The van der Waals surface area contributed by atoms with E-state index >= 15 is 0 Å². The van der Waals surface area contributed by atoms with Crippen LogP contribution in [0.1, 0.15) is 48.3 Å². The molecule has 0 unspecified atom stereocenters. The van der Waals surface area contributed by atoms with Crippen LogP contribution in [0.15, 0.2) is 30.3 Å². The lowest BCUT2D eigenvalue weighted by Crippen LogP contribution is -2.27. The van der Waals surface area contributed by atoms with Gasteiger partial charge in [-0.2, -0.15) is 0 Å². The molecule has 0 amide bonds. The Morgan fingerprint density at radius 2 is 1.69 bits per heavy atom. The van der Waals surface area contributed by atoms with E-state index < -0.39 is 23.7 Å². The summed E-state index contributed by atoms with van der Waals surface area (Å²) in [7, 11) is 1.47. The summed E-state index contributed by atoms with van der Waals surface area (Å²) in [5.41, 5.74) is 0.588. The van der Waals surface area contributed by atoms with Crippen molar-refractivity contribution >= 4 is 0 Å². The third-order valence-electron chi connectivity index (χ3n) is 4.68. The van der Waals surface area contributed by atoms with Gasteiger partial charge < -0.3 is 14.2 Å². The number of benzene rings is 2. The first kappa shape index (κ1) is 21.4. The Labute approximate surface area is 168 Å². The van der Waals surface area contributed by atoms with E-state index in [-0.39, 0.29) is 17.7 Å². The average Bonchev–Trinajstić information content (AvgIpc) is 2.70. The fraction of sp³-hybridized carbons (Fsp3) is 0.391. The average molecular weight is 404 g/mol. The van der Waals surface area contributed by atoms with Gasteiger partial charge in [-0.3, -0.25) is 0 Å². The minimum Gasteiger partial charge on any atom is -0.380 e. The van der Waals surface area contributed by atoms with E-state index in [0.29, 0.717) is 30.3 Å². The zero-order chi connectivity index (χ0) is 20.8. The largest absolute Gasteiger partial charge is 0.380 e. The number of rotatable bonds is 5. The summed E-state index contributed by atoms with van der Waals surface area (Å²) in [4.78, 5) is 0. The molecule has 0 aromatic heterocycles. The highest BCUT2D eigenvalue weighted by atomic mass is 19.1. The highest BCUT2D eigenvalue weighted by molar-refractivity contribution is 5.46. The first-order valence-corrected chi connectivity index (χ1v) is 9.53. The third kappa shape index (κ3) is 5.39. The fourth-order valence-corrected chi connectivity index (χ4v) is 3.19. The molecule has 1 saturated heterocycles. The summed E-state index contributed by atoms with van der Waals surface area (Å²) in [6, 6.07) is 6.65. The number of halogens is 3. The van der Waals surface area contributed by atoms with Gasteiger partial charge in [-0.15, -0.1) is 0 Å². The van der Waals surface area contributed by atoms with Gasteiger partial charge in [-0.25, -0.2) is 13.2 Å². The molecule has 0 radical (unpaired) electrons. The van der Waals surface area contributed by atoms with Crippen LogP contribution in [0.2, 0.25) is 0 Å². The van der Waals surface area contributed by atoms with Gasteiger partial charge in [0.15, 0.2) is 6.29 Å². The van der Waals surface area contributed by atoms with Crippen LogP contribution in [0, 0.1) is 35.2 Å². The molecular weight excluding hydrogens is 381 g/mol. The van der Waals surface area contributed by atoms with Gasteiger partial charge in [-0.1, -0.05) is 31.3 Å². The number of ether oxygens (including phenoxy) is 3. The predicted octanol–water partition coefficient (Wildman–Crippen LogP) is 5.11. The lowest BCUT2D eigenvalue weighted by atomic mass is 10.0. The molecule has 1 aliphatic heterocycles. The molecule has 0 bridgehead atoms. The second kappa shape index (κ2) is 9.93. The van der Waals surface area contributed by atoms with E-state index in [9.17, 15) is 13.2 Å². The molecule has 3 rings (SSSR count). The zero-order valence-corrected chi connectivity index (χ0v) is 16.4.